The molecule has 0 fully saturated rings. The van der Waals surface area contributed by atoms with E-state index in [4.69, 9.17) is 11.6 Å². The molecule has 0 bridgehead atoms. The van der Waals surface area contributed by atoms with E-state index in [2.05, 4.69) is 20.1 Å². The molecule has 0 aromatic rings. The first-order chi connectivity index (χ1) is 6.58. The molecule has 0 heterocycles. The smallest absolute Gasteiger partial charge is 0.263 e. The lowest BCUT2D eigenvalue weighted by molar-refractivity contribution is -0.0557. The normalized spacial score (nSPS) is 17.5. The highest BCUT2D eigenvalue weighted by Crippen LogP contribution is 2.28. The Balaban J connectivity index is 4.53. The molecular weight excluding hydrogens is 324 g/mol. The SMILES string of the molecule is C[C@@](CCl)(CBr)COS(=O)(=O)C(F)(F)F. The molecule has 0 aromatic carbocycles. The Bertz CT molecular complexity index is 299. The summed E-state index contributed by atoms with van der Waals surface area (Å²) in [5.41, 5.74) is -6.26. The van der Waals surface area contributed by atoms with Gasteiger partial charge in [-0.1, -0.05) is 22.9 Å². The number of alkyl halides is 5. The molecule has 0 rings (SSSR count). The van der Waals surface area contributed by atoms with Crippen LogP contribution in [-0.4, -0.2) is 31.7 Å². The van der Waals surface area contributed by atoms with Gasteiger partial charge in [0.05, 0.1) is 6.61 Å². The van der Waals surface area contributed by atoms with E-state index in [0.29, 0.717) is 0 Å². The van der Waals surface area contributed by atoms with Crippen molar-refractivity contribution in [2.45, 2.75) is 12.4 Å². The van der Waals surface area contributed by atoms with Crippen molar-refractivity contribution >= 4 is 37.6 Å². The molecule has 0 aliphatic rings. The summed E-state index contributed by atoms with van der Waals surface area (Å²) in [7, 11) is -5.53. The molecule has 0 radical (unpaired) electrons. The minimum atomic E-state index is -5.53. The molecule has 0 saturated carbocycles. The zero-order valence-electron chi connectivity index (χ0n) is 7.64. The van der Waals surface area contributed by atoms with Crippen molar-refractivity contribution in [2.24, 2.45) is 5.41 Å². The second kappa shape index (κ2) is 5.20. The predicted octanol–water partition coefficient (Wildman–Crippen LogP) is 2.49. The second-order valence-corrected chi connectivity index (χ2v) is 5.67. The van der Waals surface area contributed by atoms with E-state index in [-0.39, 0.29) is 11.2 Å². The standard InChI is InChI=1S/C6H9BrClF3O3S/c1-5(2-7,3-8)4-14-15(12,13)6(9,10)11/h2-4H2,1H3/t5-/m0/s1. The van der Waals surface area contributed by atoms with Crippen molar-refractivity contribution in [3.8, 4) is 0 Å². The molecule has 0 aliphatic carbocycles. The van der Waals surface area contributed by atoms with Crippen LogP contribution in [0.2, 0.25) is 0 Å². The summed E-state index contributed by atoms with van der Waals surface area (Å²) in [4.78, 5) is 0. The van der Waals surface area contributed by atoms with Gasteiger partial charge in [0, 0.05) is 16.6 Å². The average Bonchev–Trinajstić information content (AvgIpc) is 2.13. The summed E-state index contributed by atoms with van der Waals surface area (Å²) in [5, 5.41) is 0.233. The van der Waals surface area contributed by atoms with Gasteiger partial charge in [0.2, 0.25) is 0 Å². The van der Waals surface area contributed by atoms with Crippen LogP contribution in [-0.2, 0) is 14.3 Å². The molecule has 0 spiro atoms. The maximum Gasteiger partial charge on any atom is 0.523 e. The van der Waals surface area contributed by atoms with Gasteiger partial charge < -0.3 is 0 Å². The summed E-state index contributed by atoms with van der Waals surface area (Å²) in [6.07, 6.45) is 0. The Kier molecular flexibility index (Phi) is 5.36. The van der Waals surface area contributed by atoms with E-state index >= 15 is 0 Å². The van der Waals surface area contributed by atoms with Gasteiger partial charge in [-0.25, -0.2) is 0 Å². The van der Waals surface area contributed by atoms with Crippen LogP contribution in [0.25, 0.3) is 0 Å². The molecule has 0 N–H and O–H groups in total. The van der Waals surface area contributed by atoms with Crippen molar-refractivity contribution in [2.75, 3.05) is 17.8 Å². The number of hydrogen-bond donors (Lipinski definition) is 0. The van der Waals surface area contributed by atoms with E-state index in [9.17, 15) is 21.6 Å². The molecular formula is C6H9BrClF3O3S. The third kappa shape index (κ3) is 4.46. The molecule has 3 nitrogen and oxygen atoms in total. The minimum absolute atomic E-state index is 0.0222. The van der Waals surface area contributed by atoms with E-state index in [1.54, 1.807) is 0 Å². The van der Waals surface area contributed by atoms with E-state index in [1.165, 1.54) is 6.92 Å². The van der Waals surface area contributed by atoms with Crippen LogP contribution < -0.4 is 0 Å². The number of hydrogen-bond acceptors (Lipinski definition) is 3. The fourth-order valence-corrected chi connectivity index (χ4v) is 1.73. The molecule has 0 saturated heterocycles. The van der Waals surface area contributed by atoms with E-state index < -0.39 is 27.6 Å². The van der Waals surface area contributed by atoms with Gasteiger partial charge >= 0.3 is 15.6 Å². The number of rotatable bonds is 5. The lowest BCUT2D eigenvalue weighted by Gasteiger charge is -2.23. The summed E-state index contributed by atoms with van der Waals surface area (Å²) < 4.78 is 60.5. The summed E-state index contributed by atoms with van der Waals surface area (Å²) in [5.74, 6) is -0.0222. The molecule has 15 heavy (non-hydrogen) atoms. The summed E-state index contributed by atoms with van der Waals surface area (Å²) in [6.45, 7) is 0.879. The minimum Gasteiger partial charge on any atom is -0.263 e. The van der Waals surface area contributed by atoms with Crippen LogP contribution in [0, 0.1) is 5.41 Å². The predicted molar refractivity (Wildman–Crippen MR) is 53.5 cm³/mol. The Morgan fingerprint density at radius 2 is 1.87 bits per heavy atom. The van der Waals surface area contributed by atoms with Gasteiger partial charge in [0.1, 0.15) is 0 Å². The van der Waals surface area contributed by atoms with E-state index in [1.807, 2.05) is 0 Å². The Morgan fingerprint density at radius 1 is 1.40 bits per heavy atom. The lowest BCUT2D eigenvalue weighted by Crippen LogP contribution is -2.33. The van der Waals surface area contributed by atoms with Gasteiger partial charge in [-0.05, 0) is 0 Å². The van der Waals surface area contributed by atoms with Crippen molar-refractivity contribution in [1.29, 1.82) is 0 Å². The first kappa shape index (κ1) is 15.5. The highest BCUT2D eigenvalue weighted by atomic mass is 79.9. The van der Waals surface area contributed by atoms with Crippen LogP contribution in [0.1, 0.15) is 6.92 Å². The fourth-order valence-electron chi connectivity index (χ4n) is 0.400. The molecule has 0 unspecified atom stereocenters. The first-order valence-corrected chi connectivity index (χ1v) is 6.72. The molecule has 0 amide bonds. The topological polar surface area (TPSA) is 43.4 Å². The summed E-state index contributed by atoms with van der Waals surface area (Å²) >= 11 is 8.48. The van der Waals surface area contributed by atoms with Crippen LogP contribution in [0.5, 0.6) is 0 Å². The monoisotopic (exact) mass is 332 g/mol. The molecule has 92 valence electrons. The zero-order chi connectivity index (χ0) is 12.3. The van der Waals surface area contributed by atoms with Crippen LogP contribution in [0.15, 0.2) is 0 Å². The Labute approximate surface area is 99.2 Å². The number of halogens is 5. The Hall–Kier alpha value is 0.470. The highest BCUT2D eigenvalue weighted by Gasteiger charge is 2.48. The van der Waals surface area contributed by atoms with Crippen LogP contribution in [0.4, 0.5) is 13.2 Å². The van der Waals surface area contributed by atoms with Crippen LogP contribution >= 0.6 is 27.5 Å². The largest absolute Gasteiger partial charge is 0.523 e. The first-order valence-electron chi connectivity index (χ1n) is 3.65. The lowest BCUT2D eigenvalue weighted by atomic mass is 9.98. The van der Waals surface area contributed by atoms with Gasteiger partial charge in [-0.15, -0.1) is 11.6 Å². The van der Waals surface area contributed by atoms with Crippen molar-refractivity contribution in [3.05, 3.63) is 0 Å². The van der Waals surface area contributed by atoms with E-state index in [0.717, 1.165) is 0 Å². The zero-order valence-corrected chi connectivity index (χ0v) is 10.8. The summed E-state index contributed by atoms with van der Waals surface area (Å²) in [6, 6.07) is 0. The molecule has 0 aromatic heterocycles. The van der Waals surface area contributed by atoms with Gasteiger partial charge in [-0.3, -0.25) is 4.18 Å². The average molecular weight is 334 g/mol. The second-order valence-electron chi connectivity index (χ2n) is 3.24. The molecule has 0 aliphatic heterocycles. The highest BCUT2D eigenvalue weighted by molar-refractivity contribution is 9.09. The fraction of sp³-hybridized carbons (Fsp3) is 1.00. The van der Waals surface area contributed by atoms with Gasteiger partial charge in [0.15, 0.2) is 0 Å². The quantitative estimate of drug-likeness (QED) is 0.441. The maximum absolute atomic E-state index is 11.9. The van der Waals surface area contributed by atoms with Crippen molar-refractivity contribution in [1.82, 2.24) is 0 Å². The Morgan fingerprint density at radius 3 is 2.13 bits per heavy atom. The van der Waals surface area contributed by atoms with Crippen LogP contribution in [0.3, 0.4) is 0 Å². The van der Waals surface area contributed by atoms with Gasteiger partial charge in [-0.2, -0.15) is 21.6 Å². The van der Waals surface area contributed by atoms with Gasteiger partial charge in [0.25, 0.3) is 0 Å². The molecule has 1 atom stereocenters. The third-order valence-electron chi connectivity index (χ3n) is 1.49. The van der Waals surface area contributed by atoms with Crippen molar-refractivity contribution < 1.29 is 25.8 Å². The van der Waals surface area contributed by atoms with Crippen molar-refractivity contribution in [3.63, 3.8) is 0 Å². The molecule has 9 heteroatoms. The third-order valence-corrected chi connectivity index (χ3v) is 4.49. The maximum atomic E-state index is 11.9.